The maximum atomic E-state index is 10.9. The number of non-ortho nitro benzene ring substituents is 1. The van der Waals surface area contributed by atoms with Gasteiger partial charge in [0.25, 0.3) is 5.69 Å². The number of rotatable bonds is 4. The normalized spacial score (nSPS) is 31.5. The zero-order valence-electron chi connectivity index (χ0n) is 11.0. The number of nitrogens with zero attached hydrogens (tertiary/aromatic N) is 1. The van der Waals surface area contributed by atoms with Gasteiger partial charge >= 0.3 is 5.97 Å². The summed E-state index contributed by atoms with van der Waals surface area (Å²) in [6.07, 6.45) is -8.62. The average Bonchev–Trinajstić information content (AvgIpc) is 2.48. The summed E-state index contributed by atoms with van der Waals surface area (Å²) in [5.41, 5.74) is -0.184. The van der Waals surface area contributed by atoms with Crippen molar-refractivity contribution in [2.75, 3.05) is 0 Å². The average molecular weight is 315 g/mol. The van der Waals surface area contributed by atoms with E-state index in [0.717, 1.165) is 12.1 Å². The Hall–Kier alpha value is -2.27. The zero-order chi connectivity index (χ0) is 16.4. The molecular formula is C12H13NO9. The van der Waals surface area contributed by atoms with E-state index in [1.54, 1.807) is 0 Å². The Labute approximate surface area is 123 Å². The molecule has 1 aliphatic heterocycles. The maximum Gasteiger partial charge on any atom is 0.335 e. The molecule has 0 bridgehead atoms. The van der Waals surface area contributed by atoms with Crippen LogP contribution in [0.5, 0.6) is 5.75 Å². The quantitative estimate of drug-likeness (QED) is 0.398. The molecule has 2 rings (SSSR count). The highest BCUT2D eigenvalue weighted by atomic mass is 16.7. The lowest BCUT2D eigenvalue weighted by Gasteiger charge is -2.38. The molecule has 0 aromatic heterocycles. The van der Waals surface area contributed by atoms with Crippen molar-refractivity contribution in [3.05, 3.63) is 34.4 Å². The third kappa shape index (κ3) is 3.14. The number of carbonyl (C=O) groups is 1. The molecule has 10 heteroatoms. The van der Waals surface area contributed by atoms with Crippen LogP contribution in [-0.2, 0) is 9.53 Å². The lowest BCUT2D eigenvalue weighted by Crippen LogP contribution is -2.61. The van der Waals surface area contributed by atoms with Crippen LogP contribution in [0, 0.1) is 10.1 Å². The van der Waals surface area contributed by atoms with E-state index in [1.807, 2.05) is 0 Å². The number of aliphatic carboxylic acids is 1. The molecule has 1 aromatic rings. The van der Waals surface area contributed by atoms with Crippen LogP contribution in [0.3, 0.4) is 0 Å². The molecule has 5 atom stereocenters. The summed E-state index contributed by atoms with van der Waals surface area (Å²) < 4.78 is 10.1. The molecule has 1 aromatic carbocycles. The minimum atomic E-state index is -1.82. The summed E-state index contributed by atoms with van der Waals surface area (Å²) in [5, 5.41) is 48.3. The van der Waals surface area contributed by atoms with Crippen LogP contribution < -0.4 is 4.74 Å². The van der Waals surface area contributed by atoms with Gasteiger partial charge in [-0.1, -0.05) is 0 Å². The number of hydrogen-bond acceptors (Lipinski definition) is 8. The fourth-order valence-electron chi connectivity index (χ4n) is 1.93. The predicted molar refractivity (Wildman–Crippen MR) is 68.0 cm³/mol. The first kappa shape index (κ1) is 16.1. The maximum absolute atomic E-state index is 10.9. The molecule has 0 amide bonds. The van der Waals surface area contributed by atoms with Crippen molar-refractivity contribution in [1.82, 2.24) is 0 Å². The van der Waals surface area contributed by atoms with E-state index in [9.17, 15) is 30.2 Å². The van der Waals surface area contributed by atoms with Crippen molar-refractivity contribution < 1.29 is 39.6 Å². The van der Waals surface area contributed by atoms with Crippen LogP contribution in [0.1, 0.15) is 0 Å². The second-order valence-electron chi connectivity index (χ2n) is 4.60. The number of ether oxygens (including phenoxy) is 2. The summed E-state index contributed by atoms with van der Waals surface area (Å²) >= 11 is 0. The molecule has 0 saturated carbocycles. The molecule has 0 unspecified atom stereocenters. The second kappa shape index (κ2) is 6.23. The summed E-state index contributed by atoms with van der Waals surface area (Å²) in [5.74, 6) is -1.47. The third-order valence-electron chi connectivity index (χ3n) is 3.11. The van der Waals surface area contributed by atoms with Gasteiger partial charge in [-0.2, -0.15) is 0 Å². The second-order valence-corrected chi connectivity index (χ2v) is 4.60. The SMILES string of the molecule is O=C(O)[C@H]1O[C@@H](Oc2ccc([N+](=O)[O-])cc2)[C@H](O)[C@@H](O)[C@@H]1O. The van der Waals surface area contributed by atoms with Crippen molar-refractivity contribution in [2.24, 2.45) is 0 Å². The molecule has 1 saturated heterocycles. The van der Waals surface area contributed by atoms with E-state index in [0.29, 0.717) is 0 Å². The van der Waals surface area contributed by atoms with Gasteiger partial charge < -0.3 is 29.9 Å². The lowest BCUT2D eigenvalue weighted by molar-refractivity contribution is -0.384. The summed E-state index contributed by atoms with van der Waals surface area (Å²) in [6, 6.07) is 4.73. The Morgan fingerprint density at radius 3 is 2.23 bits per heavy atom. The molecule has 0 spiro atoms. The van der Waals surface area contributed by atoms with Gasteiger partial charge in [-0.25, -0.2) is 4.79 Å². The number of aliphatic hydroxyl groups excluding tert-OH is 3. The highest BCUT2D eigenvalue weighted by Gasteiger charge is 2.48. The van der Waals surface area contributed by atoms with Crippen LogP contribution in [0.25, 0.3) is 0 Å². The fourth-order valence-corrected chi connectivity index (χ4v) is 1.93. The van der Waals surface area contributed by atoms with Crippen LogP contribution in [-0.4, -0.2) is 62.0 Å². The topological polar surface area (TPSA) is 160 Å². The van der Waals surface area contributed by atoms with Crippen molar-refractivity contribution in [1.29, 1.82) is 0 Å². The number of nitro benzene ring substituents is 1. The van der Waals surface area contributed by atoms with Crippen molar-refractivity contribution in [2.45, 2.75) is 30.7 Å². The molecule has 0 aliphatic carbocycles. The van der Waals surface area contributed by atoms with Crippen LogP contribution in [0.2, 0.25) is 0 Å². The van der Waals surface area contributed by atoms with Gasteiger partial charge in [0.05, 0.1) is 4.92 Å². The number of aliphatic hydroxyl groups is 3. The van der Waals surface area contributed by atoms with Gasteiger partial charge in [0, 0.05) is 12.1 Å². The summed E-state index contributed by atoms with van der Waals surface area (Å²) in [7, 11) is 0. The molecule has 120 valence electrons. The van der Waals surface area contributed by atoms with Gasteiger partial charge in [-0.15, -0.1) is 0 Å². The summed E-state index contributed by atoms with van der Waals surface area (Å²) in [4.78, 5) is 20.8. The number of hydrogen-bond donors (Lipinski definition) is 4. The number of nitro groups is 1. The number of benzene rings is 1. The van der Waals surface area contributed by atoms with E-state index in [2.05, 4.69) is 0 Å². The molecule has 0 radical (unpaired) electrons. The molecule has 10 nitrogen and oxygen atoms in total. The largest absolute Gasteiger partial charge is 0.479 e. The van der Waals surface area contributed by atoms with Crippen LogP contribution >= 0.6 is 0 Å². The van der Waals surface area contributed by atoms with Gasteiger partial charge in [0.15, 0.2) is 6.10 Å². The Morgan fingerprint density at radius 1 is 1.14 bits per heavy atom. The number of carboxylic acids is 1. The molecular weight excluding hydrogens is 302 g/mol. The van der Waals surface area contributed by atoms with E-state index in [4.69, 9.17) is 14.6 Å². The van der Waals surface area contributed by atoms with Gasteiger partial charge in [-0.05, 0) is 12.1 Å². The molecule has 1 fully saturated rings. The Kier molecular flexibility index (Phi) is 4.56. The van der Waals surface area contributed by atoms with E-state index >= 15 is 0 Å². The highest BCUT2D eigenvalue weighted by molar-refractivity contribution is 5.73. The smallest absolute Gasteiger partial charge is 0.335 e. The third-order valence-corrected chi connectivity index (χ3v) is 3.11. The Morgan fingerprint density at radius 2 is 1.73 bits per heavy atom. The van der Waals surface area contributed by atoms with Crippen molar-refractivity contribution in [3.63, 3.8) is 0 Å². The van der Waals surface area contributed by atoms with Crippen LogP contribution in [0.4, 0.5) is 5.69 Å². The standard InChI is InChI=1S/C12H13NO9/c14-7-8(15)10(11(17)18)22-12(9(7)16)21-6-3-1-5(2-4-6)13(19)20/h1-4,7-10,12,14-16H,(H,17,18)/t7-,8-,9+,10-,12+/m0/s1. The van der Waals surface area contributed by atoms with Crippen LogP contribution in [0.15, 0.2) is 24.3 Å². The van der Waals surface area contributed by atoms with Crippen molar-refractivity contribution in [3.8, 4) is 5.75 Å². The molecule has 1 aliphatic rings. The van der Waals surface area contributed by atoms with Gasteiger partial charge in [0.2, 0.25) is 6.29 Å². The first-order valence-corrected chi connectivity index (χ1v) is 6.15. The highest BCUT2D eigenvalue weighted by Crippen LogP contribution is 2.25. The summed E-state index contributed by atoms with van der Waals surface area (Å²) in [6.45, 7) is 0. The molecule has 1 heterocycles. The molecule has 4 N–H and O–H groups in total. The van der Waals surface area contributed by atoms with Crippen molar-refractivity contribution >= 4 is 11.7 Å². The number of carboxylic acid groups (broad SMARTS) is 1. The van der Waals surface area contributed by atoms with E-state index in [1.165, 1.54) is 12.1 Å². The minimum Gasteiger partial charge on any atom is -0.479 e. The Bertz CT molecular complexity index is 560. The monoisotopic (exact) mass is 315 g/mol. The molecule has 22 heavy (non-hydrogen) atoms. The predicted octanol–water partition coefficient (Wildman–Crippen LogP) is -1.13. The fraction of sp³-hybridized carbons (Fsp3) is 0.417. The van der Waals surface area contributed by atoms with Gasteiger partial charge in [-0.3, -0.25) is 10.1 Å². The van der Waals surface area contributed by atoms with E-state index in [-0.39, 0.29) is 11.4 Å². The minimum absolute atomic E-state index is 0.0578. The van der Waals surface area contributed by atoms with E-state index < -0.39 is 41.6 Å². The first-order chi connectivity index (χ1) is 10.3. The Balaban J connectivity index is 2.13. The zero-order valence-corrected chi connectivity index (χ0v) is 11.0. The first-order valence-electron chi connectivity index (χ1n) is 6.15. The van der Waals surface area contributed by atoms with Gasteiger partial charge in [0.1, 0.15) is 24.1 Å². The lowest BCUT2D eigenvalue weighted by atomic mass is 9.99.